The van der Waals surface area contributed by atoms with Crippen molar-refractivity contribution in [2.75, 3.05) is 18.0 Å². The molecule has 0 aliphatic rings. The van der Waals surface area contributed by atoms with Crippen molar-refractivity contribution in [3.8, 4) is 5.75 Å². The fourth-order valence-electron chi connectivity index (χ4n) is 4.95. The molecule has 1 N–H and O–H groups in total. The number of carbonyl (C=O) groups excluding carboxylic acids is 2. The molecule has 2 amide bonds. The number of hydrogen-bond acceptors (Lipinski definition) is 5. The Kier molecular flexibility index (Phi) is 11.3. The molecule has 1 atom stereocenters. The maximum atomic E-state index is 14.5. The molecule has 0 radical (unpaired) electrons. The average Bonchev–Trinajstić information content (AvgIpc) is 3.01. The minimum atomic E-state index is -4.25. The molecular weight excluding hydrogens is 610 g/mol. The fourth-order valence-corrected chi connectivity index (χ4v) is 6.59. The number of methoxy groups -OCH3 is 1. The number of nitrogens with zero attached hydrogens (tertiary/aromatic N) is 2. The first-order valence-corrected chi connectivity index (χ1v) is 16.4. The van der Waals surface area contributed by atoms with Crippen molar-refractivity contribution < 1.29 is 22.7 Å². The molecule has 0 spiro atoms. The first-order valence-electron chi connectivity index (χ1n) is 14.6. The second-order valence-electron chi connectivity index (χ2n) is 11.0. The van der Waals surface area contributed by atoms with Gasteiger partial charge in [0.05, 0.1) is 17.7 Å². The van der Waals surface area contributed by atoms with Gasteiger partial charge in [-0.2, -0.15) is 0 Å². The minimum absolute atomic E-state index is 0.0200. The van der Waals surface area contributed by atoms with Gasteiger partial charge in [-0.1, -0.05) is 83.9 Å². The van der Waals surface area contributed by atoms with Crippen LogP contribution in [0.1, 0.15) is 30.5 Å². The number of para-hydroxylation sites is 2. The summed E-state index contributed by atoms with van der Waals surface area (Å²) in [7, 11) is -2.81. The van der Waals surface area contributed by atoms with Gasteiger partial charge in [0.2, 0.25) is 11.8 Å². The standard InChI is InChI=1S/C35H38ClN3O5S/c1-25(2)37-35(41)32(22-27-11-6-5-7-12-27)38(23-28-13-10-14-29(36)21-28)34(40)24-39(31-15-8-9-16-33(31)44-4)45(42,43)30-19-17-26(3)18-20-30/h5-21,25,32H,22-24H2,1-4H3,(H,37,41)/t32-/m0/s1. The quantitative estimate of drug-likeness (QED) is 0.192. The Hall–Kier alpha value is -4.34. The number of benzene rings is 4. The number of ether oxygens (including phenoxy) is 1. The predicted molar refractivity (Wildman–Crippen MR) is 178 cm³/mol. The van der Waals surface area contributed by atoms with E-state index in [1.54, 1.807) is 54.6 Å². The summed E-state index contributed by atoms with van der Waals surface area (Å²) < 4.78 is 35.0. The van der Waals surface area contributed by atoms with Gasteiger partial charge in [-0.05, 0) is 68.3 Å². The topological polar surface area (TPSA) is 96.0 Å². The summed E-state index contributed by atoms with van der Waals surface area (Å²) in [6.45, 7) is 4.99. The van der Waals surface area contributed by atoms with Gasteiger partial charge in [-0.3, -0.25) is 13.9 Å². The minimum Gasteiger partial charge on any atom is -0.495 e. The molecule has 8 nitrogen and oxygen atoms in total. The second-order valence-corrected chi connectivity index (χ2v) is 13.3. The molecule has 0 unspecified atom stereocenters. The van der Waals surface area contributed by atoms with E-state index in [1.165, 1.54) is 24.1 Å². The van der Waals surface area contributed by atoms with Crippen molar-refractivity contribution >= 4 is 39.1 Å². The Morgan fingerprint density at radius 1 is 0.867 bits per heavy atom. The van der Waals surface area contributed by atoms with E-state index in [2.05, 4.69) is 5.32 Å². The second kappa shape index (κ2) is 15.1. The predicted octanol–water partition coefficient (Wildman–Crippen LogP) is 6.02. The molecule has 0 fully saturated rings. The number of rotatable bonds is 13. The number of nitrogens with one attached hydrogen (secondary N) is 1. The number of carbonyl (C=O) groups is 2. The molecule has 4 aromatic carbocycles. The van der Waals surface area contributed by atoms with Crippen LogP contribution in [0.4, 0.5) is 5.69 Å². The zero-order chi connectivity index (χ0) is 32.6. The summed E-state index contributed by atoms with van der Waals surface area (Å²) in [4.78, 5) is 29.8. The molecule has 0 aromatic heterocycles. The van der Waals surface area contributed by atoms with Crippen LogP contribution in [-0.2, 0) is 32.6 Å². The van der Waals surface area contributed by atoms with Crippen LogP contribution in [0.3, 0.4) is 0 Å². The van der Waals surface area contributed by atoms with Crippen LogP contribution in [-0.4, -0.2) is 50.9 Å². The molecule has 10 heteroatoms. The van der Waals surface area contributed by atoms with Gasteiger partial charge in [0.15, 0.2) is 0 Å². The zero-order valence-electron chi connectivity index (χ0n) is 25.8. The summed E-state index contributed by atoms with van der Waals surface area (Å²) in [5.74, 6) is -0.647. The third kappa shape index (κ3) is 8.65. The summed E-state index contributed by atoms with van der Waals surface area (Å²) in [6, 6.07) is 28.3. The molecule has 4 aromatic rings. The highest BCUT2D eigenvalue weighted by molar-refractivity contribution is 7.92. The summed E-state index contributed by atoms with van der Waals surface area (Å²) in [6.07, 6.45) is 0.213. The van der Waals surface area contributed by atoms with Crippen molar-refractivity contribution in [3.05, 3.63) is 125 Å². The third-order valence-corrected chi connectivity index (χ3v) is 9.19. The fraction of sp³-hybridized carbons (Fsp3) is 0.257. The van der Waals surface area contributed by atoms with Crippen LogP contribution < -0.4 is 14.4 Å². The average molecular weight is 648 g/mol. The highest BCUT2D eigenvalue weighted by Gasteiger charge is 2.35. The Morgan fingerprint density at radius 2 is 1.51 bits per heavy atom. The molecule has 4 rings (SSSR count). The summed E-state index contributed by atoms with van der Waals surface area (Å²) in [5.41, 5.74) is 2.63. The Morgan fingerprint density at radius 3 is 2.16 bits per heavy atom. The largest absolute Gasteiger partial charge is 0.495 e. The third-order valence-electron chi connectivity index (χ3n) is 7.19. The van der Waals surface area contributed by atoms with E-state index < -0.39 is 28.5 Å². The van der Waals surface area contributed by atoms with Crippen molar-refractivity contribution in [1.29, 1.82) is 0 Å². The highest BCUT2D eigenvalue weighted by atomic mass is 35.5. The lowest BCUT2D eigenvalue weighted by Gasteiger charge is -2.34. The van der Waals surface area contributed by atoms with Gasteiger partial charge in [0.1, 0.15) is 18.3 Å². The molecule has 0 aliphatic heterocycles. The van der Waals surface area contributed by atoms with E-state index in [1.807, 2.05) is 57.2 Å². The molecule has 0 saturated carbocycles. The highest BCUT2D eigenvalue weighted by Crippen LogP contribution is 2.33. The Balaban J connectivity index is 1.83. The van der Waals surface area contributed by atoms with Crippen molar-refractivity contribution in [3.63, 3.8) is 0 Å². The van der Waals surface area contributed by atoms with E-state index in [-0.39, 0.29) is 41.2 Å². The van der Waals surface area contributed by atoms with E-state index in [0.29, 0.717) is 10.6 Å². The van der Waals surface area contributed by atoms with E-state index in [0.717, 1.165) is 15.4 Å². The number of amides is 2. The number of aryl methyl sites for hydroxylation is 1. The number of hydrogen-bond donors (Lipinski definition) is 1. The summed E-state index contributed by atoms with van der Waals surface area (Å²) >= 11 is 6.30. The molecule has 0 aliphatic carbocycles. The molecule has 45 heavy (non-hydrogen) atoms. The van der Waals surface area contributed by atoms with Gasteiger partial charge in [-0.15, -0.1) is 0 Å². The molecule has 236 valence electrons. The number of anilines is 1. The van der Waals surface area contributed by atoms with Crippen LogP contribution in [0.15, 0.2) is 108 Å². The van der Waals surface area contributed by atoms with Gasteiger partial charge < -0.3 is 15.0 Å². The number of halogens is 1. The van der Waals surface area contributed by atoms with Gasteiger partial charge in [0, 0.05) is 24.0 Å². The Labute approximate surface area is 270 Å². The van der Waals surface area contributed by atoms with Gasteiger partial charge >= 0.3 is 0 Å². The van der Waals surface area contributed by atoms with E-state index >= 15 is 0 Å². The Bertz CT molecular complexity index is 1710. The monoisotopic (exact) mass is 647 g/mol. The molecule has 0 bridgehead atoms. The maximum Gasteiger partial charge on any atom is 0.264 e. The smallest absolute Gasteiger partial charge is 0.264 e. The normalized spacial score (nSPS) is 12.0. The van der Waals surface area contributed by atoms with Crippen LogP contribution in [0.2, 0.25) is 5.02 Å². The molecular formula is C35H38ClN3O5S. The van der Waals surface area contributed by atoms with E-state index in [4.69, 9.17) is 16.3 Å². The zero-order valence-corrected chi connectivity index (χ0v) is 27.4. The van der Waals surface area contributed by atoms with E-state index in [9.17, 15) is 18.0 Å². The first kappa shape index (κ1) is 33.6. The SMILES string of the molecule is COc1ccccc1N(CC(=O)N(Cc1cccc(Cl)c1)[C@@H](Cc1ccccc1)C(=O)NC(C)C)S(=O)(=O)c1ccc(C)cc1. The van der Waals surface area contributed by atoms with Crippen LogP contribution in [0, 0.1) is 6.92 Å². The van der Waals surface area contributed by atoms with Crippen LogP contribution >= 0.6 is 11.6 Å². The molecule has 0 saturated heterocycles. The maximum absolute atomic E-state index is 14.5. The lowest BCUT2D eigenvalue weighted by molar-refractivity contribution is -0.140. The van der Waals surface area contributed by atoms with Crippen molar-refractivity contribution in [2.45, 2.75) is 50.7 Å². The number of sulfonamides is 1. The lowest BCUT2D eigenvalue weighted by atomic mass is 10.0. The first-order chi connectivity index (χ1) is 21.5. The van der Waals surface area contributed by atoms with Crippen LogP contribution in [0.5, 0.6) is 5.75 Å². The van der Waals surface area contributed by atoms with Crippen molar-refractivity contribution in [1.82, 2.24) is 10.2 Å². The van der Waals surface area contributed by atoms with Crippen molar-refractivity contribution in [2.24, 2.45) is 0 Å². The lowest BCUT2D eigenvalue weighted by Crippen LogP contribution is -2.54. The van der Waals surface area contributed by atoms with Crippen LogP contribution in [0.25, 0.3) is 0 Å². The van der Waals surface area contributed by atoms with Gasteiger partial charge in [-0.25, -0.2) is 8.42 Å². The summed E-state index contributed by atoms with van der Waals surface area (Å²) in [5, 5.41) is 3.43. The van der Waals surface area contributed by atoms with Gasteiger partial charge in [0.25, 0.3) is 10.0 Å². The molecule has 0 heterocycles.